The van der Waals surface area contributed by atoms with Crippen molar-refractivity contribution in [3.8, 4) is 0 Å². The van der Waals surface area contributed by atoms with Gasteiger partial charge < -0.3 is 10.5 Å². The van der Waals surface area contributed by atoms with Gasteiger partial charge in [0.05, 0.1) is 25.5 Å². The molecule has 2 unspecified atom stereocenters. The molecule has 21 heavy (non-hydrogen) atoms. The number of nitrogens with two attached hydrogens (primary N) is 1. The maximum Gasteiger partial charge on any atom is 0.287 e. The zero-order valence-corrected chi connectivity index (χ0v) is 12.3. The normalized spacial score (nSPS) is 37.0. The zero-order valence-electron chi connectivity index (χ0n) is 12.3. The van der Waals surface area contributed by atoms with Crippen LogP contribution in [0.15, 0.2) is 11.0 Å². The van der Waals surface area contributed by atoms with Gasteiger partial charge in [0.25, 0.3) is 5.56 Å². The maximum absolute atomic E-state index is 11.5. The molecule has 0 spiro atoms. The number of fused-ring (bicyclic) bond motifs is 2. The predicted molar refractivity (Wildman–Crippen MR) is 80.2 cm³/mol. The largest absolute Gasteiger partial charge is 0.393 e. The minimum absolute atomic E-state index is 0.164. The van der Waals surface area contributed by atoms with Gasteiger partial charge in [0, 0.05) is 18.1 Å². The van der Waals surface area contributed by atoms with Crippen molar-refractivity contribution < 1.29 is 4.74 Å². The Bertz CT molecular complexity index is 542. The lowest BCUT2D eigenvalue weighted by Gasteiger charge is -2.43. The third-order valence-corrected chi connectivity index (χ3v) is 5.55. The minimum atomic E-state index is -0.164. The van der Waals surface area contributed by atoms with E-state index in [0.717, 1.165) is 26.1 Å². The number of morpholine rings is 1. The zero-order chi connectivity index (χ0) is 14.4. The summed E-state index contributed by atoms with van der Waals surface area (Å²) in [5.41, 5.74) is 5.81. The second kappa shape index (κ2) is 5.18. The van der Waals surface area contributed by atoms with E-state index in [1.165, 1.54) is 25.7 Å². The van der Waals surface area contributed by atoms with Gasteiger partial charge in [0.2, 0.25) is 0 Å². The van der Waals surface area contributed by atoms with Crippen LogP contribution in [0, 0.1) is 0 Å². The van der Waals surface area contributed by atoms with E-state index in [0.29, 0.717) is 29.9 Å². The molecule has 0 amide bonds. The summed E-state index contributed by atoms with van der Waals surface area (Å²) in [6, 6.07) is 2.38. The molecule has 0 aromatic carbocycles. The Morgan fingerprint density at radius 1 is 1.00 bits per heavy atom. The number of aromatic amines is 1. The molecule has 1 aromatic heterocycles. The summed E-state index contributed by atoms with van der Waals surface area (Å²) in [6.07, 6.45) is 9.00. The average molecular weight is 292 g/mol. The van der Waals surface area contributed by atoms with Gasteiger partial charge in [-0.15, -0.1) is 0 Å². The van der Waals surface area contributed by atoms with Crippen molar-refractivity contribution in [1.29, 1.82) is 0 Å². The number of ether oxygens (including phenoxy) is 1. The molecule has 4 rings (SSSR count). The fourth-order valence-electron chi connectivity index (χ4n) is 4.51. The Morgan fingerprint density at radius 2 is 1.57 bits per heavy atom. The van der Waals surface area contributed by atoms with E-state index in [4.69, 9.17) is 10.5 Å². The summed E-state index contributed by atoms with van der Waals surface area (Å²) in [7, 11) is 0. The first-order valence-electron chi connectivity index (χ1n) is 8.14. The molecule has 3 N–H and O–H groups in total. The molecule has 2 aliphatic heterocycles. The highest BCUT2D eigenvalue weighted by Gasteiger charge is 2.42. The molecule has 3 aliphatic rings. The summed E-state index contributed by atoms with van der Waals surface area (Å²) in [5, 5.41) is 2.84. The van der Waals surface area contributed by atoms with Crippen molar-refractivity contribution in [2.75, 3.05) is 18.9 Å². The fourth-order valence-corrected chi connectivity index (χ4v) is 4.51. The predicted octanol–water partition coefficient (Wildman–Crippen LogP) is 1.11. The van der Waals surface area contributed by atoms with Crippen LogP contribution in [0.4, 0.5) is 5.69 Å². The van der Waals surface area contributed by atoms with Crippen molar-refractivity contribution in [3.05, 3.63) is 16.6 Å². The van der Waals surface area contributed by atoms with Gasteiger partial charge in [-0.05, 0) is 38.5 Å². The quantitative estimate of drug-likeness (QED) is 0.856. The monoisotopic (exact) mass is 292 g/mol. The number of aromatic nitrogens is 2. The summed E-state index contributed by atoms with van der Waals surface area (Å²) < 4.78 is 7.60. The lowest BCUT2D eigenvalue weighted by Crippen LogP contribution is -2.52. The first-order chi connectivity index (χ1) is 10.2. The van der Waals surface area contributed by atoms with Crippen LogP contribution in [-0.2, 0) is 4.74 Å². The van der Waals surface area contributed by atoms with Gasteiger partial charge in [-0.25, -0.2) is 0 Å². The summed E-state index contributed by atoms with van der Waals surface area (Å²) >= 11 is 0. The van der Waals surface area contributed by atoms with Crippen LogP contribution < -0.4 is 11.3 Å². The van der Waals surface area contributed by atoms with Crippen molar-refractivity contribution in [2.24, 2.45) is 0 Å². The van der Waals surface area contributed by atoms with Gasteiger partial charge in [-0.3, -0.25) is 19.5 Å². The third kappa shape index (κ3) is 2.30. The summed E-state index contributed by atoms with van der Waals surface area (Å²) in [4.78, 5) is 14.2. The Labute approximate surface area is 124 Å². The van der Waals surface area contributed by atoms with Gasteiger partial charge in [-0.2, -0.15) is 0 Å². The molecular weight excluding hydrogens is 268 g/mol. The molecule has 2 bridgehead atoms. The van der Waals surface area contributed by atoms with Crippen LogP contribution >= 0.6 is 0 Å². The van der Waals surface area contributed by atoms with Crippen LogP contribution in [0.25, 0.3) is 0 Å². The van der Waals surface area contributed by atoms with Gasteiger partial charge in [-0.1, -0.05) is 0 Å². The molecule has 1 aliphatic carbocycles. The minimum Gasteiger partial charge on any atom is -0.393 e. The van der Waals surface area contributed by atoms with E-state index in [1.54, 1.807) is 6.20 Å². The molecule has 116 valence electrons. The number of hydrogen-bond donors (Lipinski definition) is 2. The lowest BCUT2D eigenvalue weighted by atomic mass is 9.89. The summed E-state index contributed by atoms with van der Waals surface area (Å²) in [5.74, 6) is 0. The maximum atomic E-state index is 11.5. The molecule has 3 heterocycles. The van der Waals surface area contributed by atoms with E-state index >= 15 is 0 Å². The van der Waals surface area contributed by atoms with Gasteiger partial charge >= 0.3 is 0 Å². The van der Waals surface area contributed by atoms with Crippen LogP contribution in [0.3, 0.4) is 0 Å². The van der Waals surface area contributed by atoms with Crippen molar-refractivity contribution in [3.63, 3.8) is 0 Å². The SMILES string of the molecule is Nc1cn(C2CCC(N3C4CCC3COC4)CC2)[nH]c1=O. The second-order valence-electron chi connectivity index (χ2n) is 6.76. The molecule has 0 radical (unpaired) electrons. The van der Waals surface area contributed by atoms with Crippen molar-refractivity contribution in [2.45, 2.75) is 62.7 Å². The standard InChI is InChI=1S/C15H24N4O2/c16-14-7-18(17-15(14)20)10-1-3-11(4-2-10)19-12-5-6-13(19)9-21-8-12/h7,10-13H,1-6,8-9,16H2,(H,17,20). The van der Waals surface area contributed by atoms with E-state index < -0.39 is 0 Å². The fraction of sp³-hybridized carbons (Fsp3) is 0.800. The average Bonchev–Trinajstić information content (AvgIpc) is 2.96. The molecule has 6 heteroatoms. The highest BCUT2D eigenvalue weighted by Crippen LogP contribution is 2.38. The molecule has 3 fully saturated rings. The Balaban J connectivity index is 1.42. The van der Waals surface area contributed by atoms with Crippen molar-refractivity contribution >= 4 is 5.69 Å². The Kier molecular flexibility index (Phi) is 3.30. The number of nitrogens with one attached hydrogen (secondary N) is 1. The Morgan fingerprint density at radius 3 is 2.14 bits per heavy atom. The smallest absolute Gasteiger partial charge is 0.287 e. The number of hydrogen-bond acceptors (Lipinski definition) is 4. The molecule has 1 aromatic rings. The van der Waals surface area contributed by atoms with Crippen LogP contribution in [0.5, 0.6) is 0 Å². The second-order valence-corrected chi connectivity index (χ2v) is 6.76. The van der Waals surface area contributed by atoms with Crippen LogP contribution in [-0.4, -0.2) is 46.0 Å². The first-order valence-corrected chi connectivity index (χ1v) is 8.14. The number of rotatable bonds is 2. The van der Waals surface area contributed by atoms with E-state index in [1.807, 2.05) is 4.68 Å². The highest BCUT2D eigenvalue weighted by atomic mass is 16.5. The number of H-pyrrole nitrogens is 1. The molecule has 2 atom stereocenters. The number of nitrogens with zero attached hydrogens (tertiary/aromatic N) is 2. The van der Waals surface area contributed by atoms with E-state index in [9.17, 15) is 4.79 Å². The van der Waals surface area contributed by atoms with Crippen LogP contribution in [0.1, 0.15) is 44.6 Å². The summed E-state index contributed by atoms with van der Waals surface area (Å²) in [6.45, 7) is 1.83. The third-order valence-electron chi connectivity index (χ3n) is 5.55. The first kappa shape index (κ1) is 13.4. The number of nitrogen functional groups attached to an aromatic ring is 1. The van der Waals surface area contributed by atoms with Gasteiger partial charge in [0.1, 0.15) is 5.69 Å². The van der Waals surface area contributed by atoms with Gasteiger partial charge in [0.15, 0.2) is 0 Å². The van der Waals surface area contributed by atoms with E-state index in [2.05, 4.69) is 10.00 Å². The topological polar surface area (TPSA) is 76.3 Å². The molecular formula is C15H24N4O2. The molecule has 2 saturated heterocycles. The highest BCUT2D eigenvalue weighted by molar-refractivity contribution is 5.30. The lowest BCUT2D eigenvalue weighted by molar-refractivity contribution is -0.0458. The number of anilines is 1. The Hall–Kier alpha value is -1.27. The molecule has 1 saturated carbocycles. The van der Waals surface area contributed by atoms with Crippen LogP contribution in [0.2, 0.25) is 0 Å². The molecule has 6 nitrogen and oxygen atoms in total. The van der Waals surface area contributed by atoms with E-state index in [-0.39, 0.29) is 5.56 Å². The van der Waals surface area contributed by atoms with Crippen molar-refractivity contribution in [1.82, 2.24) is 14.7 Å².